The number of hydrazine groups is 1. The monoisotopic (exact) mass is 336 g/mol. The predicted octanol–water partition coefficient (Wildman–Crippen LogP) is 2.39. The van der Waals surface area contributed by atoms with Crippen molar-refractivity contribution in [1.29, 1.82) is 0 Å². The fourth-order valence-corrected chi connectivity index (χ4v) is 2.10. The Kier molecular flexibility index (Phi) is 4.54. The van der Waals surface area contributed by atoms with E-state index in [0.717, 1.165) is 4.47 Å². The Balaban J connectivity index is 2.12. The molecule has 0 aliphatic heterocycles. The summed E-state index contributed by atoms with van der Waals surface area (Å²) < 4.78 is 5.89. The zero-order valence-electron chi connectivity index (χ0n) is 10.7. The molecule has 0 saturated carbocycles. The number of nitrogens with one attached hydrogen (secondary N) is 2. The highest BCUT2D eigenvalue weighted by molar-refractivity contribution is 9.10. The van der Waals surface area contributed by atoms with Gasteiger partial charge >= 0.3 is 0 Å². The van der Waals surface area contributed by atoms with Gasteiger partial charge in [-0.25, -0.2) is 10.8 Å². The fourth-order valence-electron chi connectivity index (χ4n) is 1.56. The number of carbonyl (C=O) groups excluding carboxylic acids is 1. The zero-order chi connectivity index (χ0) is 14.5. The summed E-state index contributed by atoms with van der Waals surface area (Å²) in [5, 5.41) is 2.77. The first-order valence-electron chi connectivity index (χ1n) is 5.71. The fraction of sp³-hybridized carbons (Fsp3) is 0.0769. The second kappa shape index (κ2) is 6.36. The highest BCUT2D eigenvalue weighted by atomic mass is 79.9. The van der Waals surface area contributed by atoms with E-state index in [1.165, 1.54) is 6.20 Å². The summed E-state index contributed by atoms with van der Waals surface area (Å²) in [7, 11) is 1.58. The number of amides is 1. The van der Waals surface area contributed by atoms with Crippen molar-refractivity contribution in [2.24, 2.45) is 5.84 Å². The van der Waals surface area contributed by atoms with Gasteiger partial charge < -0.3 is 15.5 Å². The predicted molar refractivity (Wildman–Crippen MR) is 80.7 cm³/mol. The number of pyridine rings is 1. The maximum Gasteiger partial charge on any atom is 0.257 e. The molecule has 0 radical (unpaired) electrons. The van der Waals surface area contributed by atoms with Gasteiger partial charge in [-0.1, -0.05) is 0 Å². The Bertz CT molecular complexity index is 616. The third-order valence-corrected chi connectivity index (χ3v) is 3.20. The van der Waals surface area contributed by atoms with Gasteiger partial charge in [0.1, 0.15) is 11.6 Å². The van der Waals surface area contributed by atoms with Crippen molar-refractivity contribution >= 4 is 33.3 Å². The van der Waals surface area contributed by atoms with Crippen LogP contribution in [-0.2, 0) is 0 Å². The Morgan fingerprint density at radius 3 is 2.70 bits per heavy atom. The number of benzene rings is 1. The SMILES string of the molecule is COc1ccc(NC(=O)c2ccc(NN)nc2)cc1Br. The van der Waals surface area contributed by atoms with Crippen LogP contribution in [-0.4, -0.2) is 18.0 Å². The molecule has 0 fully saturated rings. The average molecular weight is 337 g/mol. The second-order valence-corrected chi connectivity index (χ2v) is 4.73. The van der Waals surface area contributed by atoms with Crippen LogP contribution in [0.4, 0.5) is 11.5 Å². The van der Waals surface area contributed by atoms with Crippen LogP contribution in [0.1, 0.15) is 10.4 Å². The van der Waals surface area contributed by atoms with Crippen molar-refractivity contribution in [3.05, 3.63) is 46.6 Å². The highest BCUT2D eigenvalue weighted by Crippen LogP contribution is 2.27. The van der Waals surface area contributed by atoms with E-state index >= 15 is 0 Å². The summed E-state index contributed by atoms with van der Waals surface area (Å²) in [6.45, 7) is 0. The van der Waals surface area contributed by atoms with Crippen LogP contribution in [0.5, 0.6) is 5.75 Å². The third kappa shape index (κ3) is 3.25. The van der Waals surface area contributed by atoms with E-state index < -0.39 is 0 Å². The van der Waals surface area contributed by atoms with Crippen LogP contribution < -0.4 is 21.3 Å². The van der Waals surface area contributed by atoms with Gasteiger partial charge in [0, 0.05) is 11.9 Å². The minimum atomic E-state index is -0.252. The lowest BCUT2D eigenvalue weighted by atomic mass is 10.2. The molecule has 2 aromatic rings. The number of nitrogens with two attached hydrogens (primary N) is 1. The molecule has 104 valence electrons. The standard InChI is InChI=1S/C13H13BrN4O2/c1-20-11-4-3-9(6-10(11)14)17-13(19)8-2-5-12(18-15)16-7-8/h2-7H,15H2,1H3,(H,16,18)(H,17,19). The molecule has 20 heavy (non-hydrogen) atoms. The molecule has 0 bridgehead atoms. The number of nitrogen functional groups attached to an aromatic ring is 1. The molecule has 0 saturated heterocycles. The number of ether oxygens (including phenoxy) is 1. The first kappa shape index (κ1) is 14.3. The summed E-state index contributed by atoms with van der Waals surface area (Å²) in [6.07, 6.45) is 1.45. The first-order valence-corrected chi connectivity index (χ1v) is 6.51. The number of hydrogen-bond acceptors (Lipinski definition) is 5. The number of rotatable bonds is 4. The van der Waals surface area contributed by atoms with Crippen LogP contribution in [0.3, 0.4) is 0 Å². The molecule has 4 N–H and O–H groups in total. The molecule has 2 rings (SSSR count). The molecule has 6 nitrogen and oxygen atoms in total. The maximum absolute atomic E-state index is 12.0. The van der Waals surface area contributed by atoms with Gasteiger partial charge in [-0.05, 0) is 46.3 Å². The highest BCUT2D eigenvalue weighted by Gasteiger charge is 2.08. The van der Waals surface area contributed by atoms with E-state index in [0.29, 0.717) is 22.8 Å². The van der Waals surface area contributed by atoms with Crippen LogP contribution in [0.15, 0.2) is 41.0 Å². The Morgan fingerprint density at radius 1 is 1.35 bits per heavy atom. The smallest absolute Gasteiger partial charge is 0.257 e. The van der Waals surface area contributed by atoms with Gasteiger partial charge in [-0.15, -0.1) is 0 Å². The normalized spacial score (nSPS) is 9.95. The van der Waals surface area contributed by atoms with Gasteiger partial charge in [0.25, 0.3) is 5.91 Å². The molecule has 0 atom stereocenters. The van der Waals surface area contributed by atoms with E-state index in [-0.39, 0.29) is 5.91 Å². The van der Waals surface area contributed by atoms with Gasteiger partial charge in [0.05, 0.1) is 17.1 Å². The number of methoxy groups -OCH3 is 1. The summed E-state index contributed by atoms with van der Waals surface area (Å²) in [6, 6.07) is 8.54. The number of nitrogens with zero attached hydrogens (tertiary/aromatic N) is 1. The van der Waals surface area contributed by atoms with Crippen LogP contribution in [0.2, 0.25) is 0 Å². The minimum absolute atomic E-state index is 0.252. The molecule has 1 amide bonds. The zero-order valence-corrected chi connectivity index (χ0v) is 12.3. The molecule has 7 heteroatoms. The molecule has 0 spiro atoms. The van der Waals surface area contributed by atoms with E-state index in [1.807, 2.05) is 0 Å². The van der Waals surface area contributed by atoms with E-state index in [1.54, 1.807) is 37.4 Å². The Morgan fingerprint density at radius 2 is 2.15 bits per heavy atom. The molecule has 1 aromatic heterocycles. The molecule has 1 heterocycles. The van der Waals surface area contributed by atoms with Crippen molar-refractivity contribution in [3.63, 3.8) is 0 Å². The molecule has 0 aliphatic rings. The summed E-state index contributed by atoms with van der Waals surface area (Å²) in [5.41, 5.74) is 3.50. The van der Waals surface area contributed by atoms with Gasteiger partial charge in [-0.3, -0.25) is 4.79 Å². The number of aromatic nitrogens is 1. The van der Waals surface area contributed by atoms with Crippen molar-refractivity contribution in [2.75, 3.05) is 17.9 Å². The van der Waals surface area contributed by atoms with Gasteiger partial charge in [0.15, 0.2) is 0 Å². The van der Waals surface area contributed by atoms with Crippen LogP contribution in [0, 0.1) is 0 Å². The van der Waals surface area contributed by atoms with Crippen molar-refractivity contribution in [3.8, 4) is 5.75 Å². The maximum atomic E-state index is 12.0. The lowest BCUT2D eigenvalue weighted by Gasteiger charge is -2.08. The van der Waals surface area contributed by atoms with E-state index in [9.17, 15) is 4.79 Å². The minimum Gasteiger partial charge on any atom is -0.496 e. The summed E-state index contributed by atoms with van der Waals surface area (Å²) >= 11 is 3.36. The van der Waals surface area contributed by atoms with Crippen LogP contribution >= 0.6 is 15.9 Å². The Labute approximate surface area is 124 Å². The molecule has 1 aromatic carbocycles. The molecule has 0 aliphatic carbocycles. The number of halogens is 1. The topological polar surface area (TPSA) is 89.3 Å². The number of carbonyl (C=O) groups is 1. The number of anilines is 2. The number of hydrogen-bond donors (Lipinski definition) is 3. The molecular weight excluding hydrogens is 324 g/mol. The largest absolute Gasteiger partial charge is 0.496 e. The van der Waals surface area contributed by atoms with Crippen molar-refractivity contribution in [1.82, 2.24) is 4.98 Å². The van der Waals surface area contributed by atoms with Gasteiger partial charge in [0.2, 0.25) is 0 Å². The quantitative estimate of drug-likeness (QED) is 0.589. The average Bonchev–Trinajstić information content (AvgIpc) is 2.47. The van der Waals surface area contributed by atoms with Crippen molar-refractivity contribution in [2.45, 2.75) is 0 Å². The lowest BCUT2D eigenvalue weighted by molar-refractivity contribution is 0.102. The summed E-state index contributed by atoms with van der Waals surface area (Å²) in [4.78, 5) is 16.0. The third-order valence-electron chi connectivity index (χ3n) is 2.58. The molecule has 0 unspecified atom stereocenters. The summed E-state index contributed by atoms with van der Waals surface area (Å²) in [5.74, 6) is 6.15. The van der Waals surface area contributed by atoms with Crippen molar-refractivity contribution < 1.29 is 9.53 Å². The van der Waals surface area contributed by atoms with E-state index in [2.05, 4.69) is 31.7 Å². The Hall–Kier alpha value is -2.12. The molecular formula is C13H13BrN4O2. The van der Waals surface area contributed by atoms with E-state index in [4.69, 9.17) is 10.6 Å². The first-order chi connectivity index (χ1) is 9.63. The second-order valence-electron chi connectivity index (χ2n) is 3.88. The van der Waals surface area contributed by atoms with Crippen LogP contribution in [0.25, 0.3) is 0 Å². The van der Waals surface area contributed by atoms with Gasteiger partial charge in [-0.2, -0.15) is 0 Å². The lowest BCUT2D eigenvalue weighted by Crippen LogP contribution is -2.13.